The van der Waals surface area contributed by atoms with Crippen molar-refractivity contribution >= 4 is 17.5 Å². The maximum atomic E-state index is 11.6. The Kier molecular flexibility index (Phi) is 6.59. The zero-order valence-electron chi connectivity index (χ0n) is 20.5. The number of nitrogens with zero attached hydrogens (tertiary/aromatic N) is 1. The van der Waals surface area contributed by atoms with Gasteiger partial charge in [0.15, 0.2) is 0 Å². The van der Waals surface area contributed by atoms with Gasteiger partial charge in [0.1, 0.15) is 11.6 Å². The zero-order chi connectivity index (χ0) is 24.7. The van der Waals surface area contributed by atoms with Crippen LogP contribution in [0.15, 0.2) is 42.5 Å². The van der Waals surface area contributed by atoms with E-state index in [0.717, 1.165) is 37.7 Å². The van der Waals surface area contributed by atoms with Crippen molar-refractivity contribution in [2.75, 3.05) is 19.5 Å². The lowest BCUT2D eigenvalue weighted by Gasteiger charge is -2.54. The molecule has 2 saturated carbocycles. The molecule has 0 radical (unpaired) electrons. The molecule has 184 valence electrons. The van der Waals surface area contributed by atoms with Gasteiger partial charge in [-0.15, -0.1) is 11.6 Å². The fourth-order valence-corrected chi connectivity index (χ4v) is 7.46. The van der Waals surface area contributed by atoms with Crippen molar-refractivity contribution < 1.29 is 15.0 Å². The van der Waals surface area contributed by atoms with E-state index in [1.807, 2.05) is 12.1 Å². The summed E-state index contributed by atoms with van der Waals surface area (Å²) in [6.07, 6.45) is 4.84. The van der Waals surface area contributed by atoms with E-state index in [1.165, 1.54) is 21.6 Å². The molecule has 3 aliphatic rings. The maximum absolute atomic E-state index is 11.6. The average molecular weight is 492 g/mol. The smallest absolute Gasteiger partial charge is 0.238 e. The van der Waals surface area contributed by atoms with E-state index in [9.17, 15) is 15.0 Å². The summed E-state index contributed by atoms with van der Waals surface area (Å²) in [4.78, 5) is 13.1. The number of halogens is 1. The molecule has 0 aromatic heterocycles. The number of fused-ring (bicyclic) bond motifs is 5. The van der Waals surface area contributed by atoms with Gasteiger partial charge in [-0.3, -0.25) is 4.79 Å². The lowest BCUT2D eigenvalue weighted by molar-refractivity contribution is -0.126. The van der Waals surface area contributed by atoms with Gasteiger partial charge >= 0.3 is 0 Å². The Bertz CT molecular complexity index is 1170. The summed E-state index contributed by atoms with van der Waals surface area (Å²) in [5.74, 6) is 8.19. The van der Waals surface area contributed by atoms with E-state index in [2.05, 4.69) is 49.1 Å². The zero-order valence-corrected chi connectivity index (χ0v) is 21.3. The molecule has 1 amide bonds. The van der Waals surface area contributed by atoms with Gasteiger partial charge in [0.05, 0.1) is 12.6 Å². The second-order valence-corrected chi connectivity index (χ2v) is 11.2. The van der Waals surface area contributed by atoms with Crippen LogP contribution in [0.2, 0.25) is 0 Å². The van der Waals surface area contributed by atoms with Crippen molar-refractivity contribution in [3.05, 3.63) is 64.7 Å². The van der Waals surface area contributed by atoms with E-state index in [4.69, 9.17) is 11.6 Å². The highest BCUT2D eigenvalue weighted by atomic mass is 35.5. The first-order chi connectivity index (χ1) is 16.8. The summed E-state index contributed by atoms with van der Waals surface area (Å²) in [6.45, 7) is 2.66. The van der Waals surface area contributed by atoms with Gasteiger partial charge in [-0.2, -0.15) is 0 Å². The molecule has 5 rings (SSSR count). The minimum atomic E-state index is -0.241. The average Bonchev–Trinajstić information content (AvgIpc) is 3.17. The number of hydrogen-bond acceptors (Lipinski definition) is 3. The number of aryl methyl sites for hydroxylation is 1. The van der Waals surface area contributed by atoms with Crippen molar-refractivity contribution in [1.29, 1.82) is 0 Å². The van der Waals surface area contributed by atoms with E-state index < -0.39 is 0 Å². The lowest BCUT2D eigenvalue weighted by atomic mass is 9.51. The Morgan fingerprint density at radius 2 is 1.94 bits per heavy atom. The standard InChI is InChI=1S/C30H34ClNO3/c1-30-17-25(20-7-5-19(6-8-20)4-3-15-32(2)28(35)18-31)29-23-12-10-22(33)16-21(23)9-11-24(29)26(30)13-14-27(30)34/h5-8,10,12,16,24-27,29,33-34H,9,11,13-15,17-18H2,1-2H3/t24-,25+,26-,27-,29+,30-/m0/s1. The number of carbonyl (C=O) groups excluding carboxylic acids is 1. The number of aliphatic hydroxyl groups excluding tert-OH is 1. The summed E-state index contributed by atoms with van der Waals surface area (Å²) >= 11 is 5.61. The van der Waals surface area contributed by atoms with Crippen molar-refractivity contribution in [3.63, 3.8) is 0 Å². The van der Waals surface area contributed by atoms with E-state index in [1.54, 1.807) is 7.05 Å². The fourth-order valence-electron chi connectivity index (χ4n) is 7.26. The number of phenolic OH excluding ortho intramolecular Hbond substituents is 1. The predicted molar refractivity (Wildman–Crippen MR) is 139 cm³/mol. The highest BCUT2D eigenvalue weighted by Crippen LogP contribution is 2.65. The van der Waals surface area contributed by atoms with Gasteiger partial charge in [0, 0.05) is 12.6 Å². The molecular formula is C30H34ClNO3. The molecule has 35 heavy (non-hydrogen) atoms. The van der Waals surface area contributed by atoms with Crippen LogP contribution in [-0.2, 0) is 11.2 Å². The Hall–Kier alpha value is -2.48. The number of aliphatic hydroxyl groups is 1. The second kappa shape index (κ2) is 9.52. The molecule has 0 saturated heterocycles. The Labute approximate surface area is 213 Å². The van der Waals surface area contributed by atoms with Crippen molar-refractivity contribution in [1.82, 2.24) is 4.90 Å². The lowest BCUT2D eigenvalue weighted by Crippen LogP contribution is -2.47. The van der Waals surface area contributed by atoms with Crippen LogP contribution in [0.4, 0.5) is 0 Å². The second-order valence-electron chi connectivity index (χ2n) is 10.9. The number of rotatable bonds is 3. The first-order valence-electron chi connectivity index (χ1n) is 12.7. The predicted octanol–water partition coefficient (Wildman–Crippen LogP) is 5.05. The van der Waals surface area contributed by atoms with Crippen LogP contribution in [0.25, 0.3) is 0 Å². The minimum absolute atomic E-state index is 0.0341. The molecule has 0 aliphatic heterocycles. The van der Waals surface area contributed by atoms with Crippen molar-refractivity contribution in [2.24, 2.45) is 17.3 Å². The number of hydrogen-bond donors (Lipinski definition) is 2. The number of amides is 1. The van der Waals surface area contributed by atoms with Crippen molar-refractivity contribution in [3.8, 4) is 17.6 Å². The van der Waals surface area contributed by atoms with Crippen LogP contribution in [-0.4, -0.2) is 46.6 Å². The highest BCUT2D eigenvalue weighted by Gasteiger charge is 2.57. The molecule has 4 nitrogen and oxygen atoms in total. The van der Waals surface area contributed by atoms with Crippen LogP contribution in [0.3, 0.4) is 0 Å². The summed E-state index contributed by atoms with van der Waals surface area (Å²) in [7, 11) is 1.70. The third-order valence-electron chi connectivity index (χ3n) is 9.09. The largest absolute Gasteiger partial charge is 0.508 e. The normalized spacial score (nSPS) is 30.9. The van der Waals surface area contributed by atoms with Gasteiger partial charge in [0.2, 0.25) is 5.91 Å². The van der Waals surface area contributed by atoms with Gasteiger partial charge in [-0.25, -0.2) is 0 Å². The topological polar surface area (TPSA) is 60.8 Å². The van der Waals surface area contributed by atoms with Crippen LogP contribution >= 0.6 is 11.6 Å². The van der Waals surface area contributed by atoms with Gasteiger partial charge in [0.25, 0.3) is 0 Å². The minimum Gasteiger partial charge on any atom is -0.508 e. The van der Waals surface area contributed by atoms with Crippen LogP contribution < -0.4 is 0 Å². The SMILES string of the molecule is CN(CC#Cc1ccc([C@H]2C[C@]3(C)[C@@H](O)CC[C@H]3[C@@H]3CCc4cc(O)ccc4[C@H]32)cc1)C(=O)CCl. The number of benzene rings is 2. The molecule has 2 aromatic carbocycles. The third-order valence-corrected chi connectivity index (χ3v) is 9.32. The Morgan fingerprint density at radius 1 is 1.17 bits per heavy atom. The monoisotopic (exact) mass is 491 g/mol. The summed E-state index contributed by atoms with van der Waals surface area (Å²) < 4.78 is 0. The highest BCUT2D eigenvalue weighted by molar-refractivity contribution is 6.27. The summed E-state index contributed by atoms with van der Waals surface area (Å²) in [5.41, 5.74) is 4.81. The number of aromatic hydroxyl groups is 1. The number of phenols is 1. The van der Waals surface area contributed by atoms with E-state index in [0.29, 0.717) is 36.0 Å². The molecule has 2 N–H and O–H groups in total. The molecule has 0 unspecified atom stereocenters. The fraction of sp³-hybridized carbons (Fsp3) is 0.500. The maximum Gasteiger partial charge on any atom is 0.238 e. The molecule has 2 aromatic rings. The number of alkyl halides is 1. The van der Waals surface area contributed by atoms with Crippen molar-refractivity contribution in [2.45, 2.75) is 57.0 Å². The molecule has 5 heteroatoms. The first kappa shape index (κ1) is 24.2. The molecule has 0 bridgehead atoms. The molecule has 3 aliphatic carbocycles. The van der Waals surface area contributed by atoms with E-state index in [-0.39, 0.29) is 23.3 Å². The van der Waals surface area contributed by atoms with Gasteiger partial charge < -0.3 is 15.1 Å². The van der Waals surface area contributed by atoms with Crippen LogP contribution in [0.1, 0.15) is 66.7 Å². The molecule has 6 atom stereocenters. The number of carbonyl (C=O) groups is 1. The summed E-state index contributed by atoms with van der Waals surface area (Å²) in [6, 6.07) is 14.4. The Morgan fingerprint density at radius 3 is 2.69 bits per heavy atom. The molecule has 2 fully saturated rings. The van der Waals surface area contributed by atoms with E-state index >= 15 is 0 Å². The molecule has 0 heterocycles. The van der Waals surface area contributed by atoms with Gasteiger partial charge in [-0.1, -0.05) is 37.0 Å². The first-order valence-corrected chi connectivity index (χ1v) is 13.2. The van der Waals surface area contributed by atoms with Gasteiger partial charge in [-0.05, 0) is 102 Å². The molecule has 0 spiro atoms. The summed E-state index contributed by atoms with van der Waals surface area (Å²) in [5, 5.41) is 21.1. The molecular weight excluding hydrogens is 458 g/mol. The van der Waals surface area contributed by atoms with Crippen LogP contribution in [0, 0.1) is 29.1 Å². The van der Waals surface area contributed by atoms with Crippen LogP contribution in [0.5, 0.6) is 5.75 Å². The Balaban J connectivity index is 1.46. The third kappa shape index (κ3) is 4.34. The quantitative estimate of drug-likeness (QED) is 0.466.